The Bertz CT molecular complexity index is 2640. The number of anilines is 1. The average molecular weight is 1240 g/mol. The van der Waals surface area contributed by atoms with Crippen LogP contribution in [0, 0.1) is 5.41 Å². The topological polar surface area (TPSA) is 505 Å². The highest BCUT2D eigenvalue weighted by molar-refractivity contribution is 8.13. The molecule has 1 fully saturated rings. The van der Waals surface area contributed by atoms with E-state index in [9.17, 15) is 77.7 Å². The van der Waals surface area contributed by atoms with Crippen molar-refractivity contribution in [2.24, 2.45) is 11.1 Å². The Hall–Kier alpha value is -4.31. The minimum absolute atomic E-state index is 0.0112. The Balaban J connectivity index is 1.31. The molecule has 2 aromatic rings. The van der Waals surface area contributed by atoms with Gasteiger partial charge in [0.25, 0.3) is 0 Å². The second-order valence-electron chi connectivity index (χ2n) is 18.2. The monoisotopic (exact) mass is 1230 g/mol. The number of thioether (sulfide) groups is 2. The van der Waals surface area contributed by atoms with Gasteiger partial charge in [0.1, 0.15) is 42.3 Å². The van der Waals surface area contributed by atoms with Crippen molar-refractivity contribution in [1.82, 2.24) is 30.2 Å². The van der Waals surface area contributed by atoms with E-state index in [0.717, 1.165) is 40.7 Å². The molecular weight excluding hydrogens is 1170 g/mol. The van der Waals surface area contributed by atoms with Crippen LogP contribution >= 0.6 is 47.0 Å². The SMILES string of the molecule is CC(C)(COP(=O)(O)OP(=O)(O)OCC1OC(n2cnc3c(N)ncnc32)C(O)C1OP(=O)(O)O)C(O)C(=O)NCCC(=O)NCCSC(=O)CC(O)CC/C=C/C/C=C/C=C/C=C/C(SCC(N)C(=O)O)C(O)CCCC(=O)O. The van der Waals surface area contributed by atoms with Crippen LogP contribution in [0.1, 0.15) is 71.4 Å². The molecule has 80 heavy (non-hydrogen) atoms. The molecule has 0 aromatic carbocycles. The summed E-state index contributed by atoms with van der Waals surface area (Å²) in [5, 5.41) is 64.4. The Morgan fingerprint density at radius 1 is 0.912 bits per heavy atom. The van der Waals surface area contributed by atoms with E-state index in [-0.39, 0.29) is 78.8 Å². The number of phosphoric acid groups is 3. The van der Waals surface area contributed by atoms with E-state index in [1.54, 1.807) is 30.4 Å². The molecule has 0 radical (unpaired) electrons. The number of nitrogens with zero attached hydrogens (tertiary/aromatic N) is 4. The molecule has 31 nitrogen and oxygen atoms in total. The van der Waals surface area contributed by atoms with Crippen LogP contribution in [0.25, 0.3) is 11.2 Å². The summed E-state index contributed by atoms with van der Waals surface area (Å²) in [5.41, 5.74) is 9.76. The predicted octanol–water partition coefficient (Wildman–Crippen LogP) is 0.940. The van der Waals surface area contributed by atoms with Crippen molar-refractivity contribution >= 4 is 92.8 Å². The number of fused-ring (bicyclic) bond motifs is 1. The summed E-state index contributed by atoms with van der Waals surface area (Å²) in [6.45, 7) is 0.161. The van der Waals surface area contributed by atoms with E-state index in [2.05, 4.69) is 34.4 Å². The number of imidazole rings is 1. The maximum absolute atomic E-state index is 12.8. The van der Waals surface area contributed by atoms with Crippen LogP contribution < -0.4 is 22.1 Å². The van der Waals surface area contributed by atoms with Crippen LogP contribution in [0.15, 0.2) is 61.3 Å². The highest BCUT2D eigenvalue weighted by Crippen LogP contribution is 2.61. The maximum Gasteiger partial charge on any atom is 0.481 e. The van der Waals surface area contributed by atoms with Crippen molar-refractivity contribution in [2.45, 2.75) is 119 Å². The van der Waals surface area contributed by atoms with Gasteiger partial charge in [-0.15, -0.1) is 11.8 Å². The molecule has 2 aromatic heterocycles. The molecule has 3 rings (SSSR count). The number of rotatable bonds is 38. The molecule has 1 saturated heterocycles. The fraction of sp³-hybridized carbons (Fsp3) is 0.591. The number of aliphatic hydroxyl groups excluding tert-OH is 4. The number of carboxylic acids is 2. The highest BCUT2D eigenvalue weighted by Gasteiger charge is 2.50. The van der Waals surface area contributed by atoms with E-state index in [1.165, 1.54) is 13.8 Å². The molecule has 36 heteroatoms. The summed E-state index contributed by atoms with van der Waals surface area (Å²) in [5.74, 6) is -3.51. The molecule has 0 aliphatic carbocycles. The summed E-state index contributed by atoms with van der Waals surface area (Å²) in [6, 6.07) is -1.11. The van der Waals surface area contributed by atoms with E-state index in [0.29, 0.717) is 19.3 Å². The van der Waals surface area contributed by atoms with Gasteiger partial charge in [0.05, 0.1) is 31.7 Å². The number of nitrogens with two attached hydrogens (primary N) is 2. The van der Waals surface area contributed by atoms with Gasteiger partial charge in [-0.2, -0.15) is 4.31 Å². The lowest BCUT2D eigenvalue weighted by Gasteiger charge is -2.30. The third-order valence-electron chi connectivity index (χ3n) is 11.1. The Labute approximate surface area is 467 Å². The fourth-order valence-corrected chi connectivity index (χ4v) is 11.6. The van der Waals surface area contributed by atoms with Crippen LogP contribution in [0.5, 0.6) is 0 Å². The lowest BCUT2D eigenvalue weighted by Crippen LogP contribution is -2.46. The second-order valence-corrected chi connectivity index (χ2v) is 24.8. The van der Waals surface area contributed by atoms with Gasteiger partial charge in [-0.1, -0.05) is 74.2 Å². The number of aliphatic carboxylic acids is 2. The van der Waals surface area contributed by atoms with E-state index in [1.807, 2.05) is 18.2 Å². The first-order valence-electron chi connectivity index (χ1n) is 24.3. The highest BCUT2D eigenvalue weighted by atomic mass is 32.2. The first-order valence-corrected chi connectivity index (χ1v) is 30.8. The number of hydrogen-bond donors (Lipinski definition) is 14. The summed E-state index contributed by atoms with van der Waals surface area (Å²) in [7, 11) is -16.5. The molecule has 16 N–H and O–H groups in total. The molecule has 1 aliphatic rings. The number of aliphatic hydroxyl groups is 4. The first kappa shape index (κ1) is 70.0. The van der Waals surface area contributed by atoms with Crippen LogP contribution in [0.3, 0.4) is 0 Å². The van der Waals surface area contributed by atoms with Crippen molar-refractivity contribution in [1.29, 1.82) is 0 Å². The second kappa shape index (κ2) is 33.7. The van der Waals surface area contributed by atoms with Gasteiger partial charge in [-0.3, -0.25) is 42.1 Å². The van der Waals surface area contributed by atoms with Crippen molar-refractivity contribution in [2.75, 3.05) is 43.5 Å². The predicted molar refractivity (Wildman–Crippen MR) is 287 cm³/mol. The quantitative estimate of drug-likeness (QED) is 0.0192. The molecule has 0 spiro atoms. The van der Waals surface area contributed by atoms with Crippen LogP contribution in [0.2, 0.25) is 0 Å². The Morgan fingerprint density at radius 3 is 2.30 bits per heavy atom. The number of carbonyl (C=O) groups excluding carboxylic acids is 3. The standard InChI is InChI=1S/C44H69N8O23P3S2/c1-44(2,24-72-78(69,70)75-77(67,68)71-22-30-37(74-76(64,65)66)36(59)42(73-30)52-26-51-35-39(46)49-25-50-40(35)52)38(60)41(61)48-18-17-32(55)47-19-20-79-34(58)21-27(53)13-10-8-6-4-3-5-7-9-11-15-31(80-23-28(45)43(62)63)29(54)14-12-16-33(56)57/h3,5-9,11,15,25-31,36-38,42,53-54,59-60H,4,10,12-14,16-24,45H2,1-2H3,(H,47,55)(H,48,61)(H,56,57)(H,62,63)(H,67,68)(H,69,70)(H2,46,49,50)(H2,64,65,66)/b5-3+,8-6+,9-7+,15-11+. The van der Waals surface area contributed by atoms with Gasteiger partial charge < -0.3 is 77.1 Å². The zero-order valence-corrected chi connectivity index (χ0v) is 47.6. The molecule has 3 heterocycles. The fourth-order valence-electron chi connectivity index (χ4n) is 6.90. The zero-order valence-electron chi connectivity index (χ0n) is 43.3. The minimum Gasteiger partial charge on any atom is -0.481 e. The summed E-state index contributed by atoms with van der Waals surface area (Å²) < 4.78 is 62.4. The third kappa shape index (κ3) is 25.9. The number of carbonyl (C=O) groups is 5. The number of allylic oxidation sites excluding steroid dienone is 7. The van der Waals surface area contributed by atoms with E-state index >= 15 is 0 Å². The van der Waals surface area contributed by atoms with Crippen molar-refractivity contribution < 1.29 is 110 Å². The zero-order chi connectivity index (χ0) is 59.8. The molecule has 11 unspecified atom stereocenters. The van der Waals surface area contributed by atoms with Gasteiger partial charge in [0.15, 0.2) is 22.8 Å². The molecule has 0 saturated carbocycles. The number of carboxylic acid groups (broad SMARTS) is 2. The third-order valence-corrected chi connectivity index (χ3v) is 16.5. The minimum atomic E-state index is -5.62. The lowest BCUT2D eigenvalue weighted by atomic mass is 9.87. The number of nitrogen functional groups attached to an aromatic ring is 1. The molecule has 450 valence electrons. The number of ether oxygens (including phenoxy) is 1. The van der Waals surface area contributed by atoms with Crippen molar-refractivity contribution in [3.8, 4) is 0 Å². The molecule has 11 atom stereocenters. The van der Waals surface area contributed by atoms with Gasteiger partial charge in [-0.05, 0) is 32.1 Å². The average Bonchev–Trinajstić information content (AvgIpc) is 3.96. The van der Waals surface area contributed by atoms with Gasteiger partial charge >= 0.3 is 35.4 Å². The Morgan fingerprint density at radius 2 is 1.61 bits per heavy atom. The first-order chi connectivity index (χ1) is 37.4. The summed E-state index contributed by atoms with van der Waals surface area (Å²) in [4.78, 5) is 111. The van der Waals surface area contributed by atoms with Crippen LogP contribution in [-0.2, 0) is 60.3 Å². The molecule has 0 bridgehead atoms. The number of phosphoric ester groups is 3. The lowest BCUT2D eigenvalue weighted by molar-refractivity contribution is -0.138. The van der Waals surface area contributed by atoms with E-state index in [4.69, 9.17) is 35.5 Å². The van der Waals surface area contributed by atoms with Gasteiger partial charge in [-0.25, -0.2) is 28.6 Å². The molecule has 1 aliphatic heterocycles. The van der Waals surface area contributed by atoms with Gasteiger partial charge in [0.2, 0.25) is 11.8 Å². The van der Waals surface area contributed by atoms with Crippen LogP contribution in [0.4, 0.5) is 5.82 Å². The van der Waals surface area contributed by atoms with E-state index < -0.39 is 120 Å². The Kier molecular flexibility index (Phi) is 29.5. The number of amides is 2. The molecular formula is C44H69N8O23P3S2. The van der Waals surface area contributed by atoms with Gasteiger partial charge in [0, 0.05) is 54.5 Å². The largest absolute Gasteiger partial charge is 0.481 e. The smallest absolute Gasteiger partial charge is 0.481 e. The summed E-state index contributed by atoms with van der Waals surface area (Å²) >= 11 is 2.07. The maximum atomic E-state index is 12.8. The number of nitrogens with one attached hydrogen (secondary N) is 2. The normalized spacial score (nSPS) is 20.7. The van der Waals surface area contributed by atoms with Crippen molar-refractivity contribution in [3.63, 3.8) is 0 Å². The summed E-state index contributed by atoms with van der Waals surface area (Å²) in [6.07, 6.45) is 6.97. The number of aromatic nitrogens is 4. The van der Waals surface area contributed by atoms with Crippen LogP contribution in [-0.4, -0.2) is 184 Å². The molecule has 2 amide bonds. The number of hydrogen-bond acceptors (Lipinski definition) is 24. The van der Waals surface area contributed by atoms with Crippen molar-refractivity contribution in [3.05, 3.63) is 61.3 Å².